The molecule has 4 heteroatoms. The molecule has 1 aromatic carbocycles. The van der Waals surface area contributed by atoms with E-state index in [1.54, 1.807) is 0 Å². The Balaban J connectivity index is 2.09. The number of benzene rings is 1. The fourth-order valence-corrected chi connectivity index (χ4v) is 3.18. The second-order valence-corrected chi connectivity index (χ2v) is 5.88. The highest BCUT2D eigenvalue weighted by Crippen LogP contribution is 2.36. The van der Waals surface area contributed by atoms with E-state index in [9.17, 15) is 0 Å². The number of nitrogens with one attached hydrogen (secondary N) is 1. The van der Waals surface area contributed by atoms with Gasteiger partial charge in [-0.15, -0.1) is 0 Å². The molecule has 1 aromatic heterocycles. The lowest BCUT2D eigenvalue weighted by atomic mass is 9.78. The first kappa shape index (κ1) is 12.2. The van der Waals surface area contributed by atoms with Crippen molar-refractivity contribution in [2.24, 2.45) is 0 Å². The van der Waals surface area contributed by atoms with Crippen molar-refractivity contribution in [2.45, 2.75) is 31.6 Å². The molecule has 2 heterocycles. The third-order valence-corrected chi connectivity index (χ3v) is 4.59. The number of piperidine rings is 1. The number of nitrogens with zero attached hydrogens (tertiary/aromatic N) is 1. The van der Waals surface area contributed by atoms with Gasteiger partial charge < -0.3 is 9.73 Å². The van der Waals surface area contributed by atoms with Crippen LogP contribution in [0.25, 0.3) is 11.1 Å². The lowest BCUT2D eigenvalue weighted by Crippen LogP contribution is -2.43. The monoisotopic (exact) mass is 308 g/mol. The van der Waals surface area contributed by atoms with Gasteiger partial charge in [0.1, 0.15) is 5.52 Å². The highest BCUT2D eigenvalue weighted by Gasteiger charge is 2.37. The van der Waals surface area contributed by atoms with E-state index in [0.29, 0.717) is 0 Å². The van der Waals surface area contributed by atoms with Crippen molar-refractivity contribution >= 4 is 27.0 Å². The number of hydrogen-bond acceptors (Lipinski definition) is 3. The summed E-state index contributed by atoms with van der Waals surface area (Å²) in [5.74, 6) is 0.888. The largest absolute Gasteiger partial charge is 0.439 e. The summed E-state index contributed by atoms with van der Waals surface area (Å²) in [4.78, 5) is 4.70. The Hall–Kier alpha value is -0.870. The van der Waals surface area contributed by atoms with E-state index in [1.165, 1.54) is 6.42 Å². The molecule has 1 aliphatic rings. The Morgan fingerprint density at radius 3 is 3.06 bits per heavy atom. The molecule has 2 aromatic rings. The van der Waals surface area contributed by atoms with Crippen molar-refractivity contribution in [2.75, 3.05) is 13.1 Å². The molecule has 1 N–H and O–H groups in total. The van der Waals surface area contributed by atoms with Crippen LogP contribution in [0, 0.1) is 0 Å². The van der Waals surface area contributed by atoms with Crippen molar-refractivity contribution in [1.82, 2.24) is 10.3 Å². The number of hydrogen-bond donors (Lipinski definition) is 1. The van der Waals surface area contributed by atoms with Gasteiger partial charge in [0.25, 0.3) is 0 Å². The molecular formula is C14H17BrN2O. The van der Waals surface area contributed by atoms with E-state index in [4.69, 9.17) is 9.40 Å². The van der Waals surface area contributed by atoms with Crippen molar-refractivity contribution in [3.8, 4) is 0 Å². The molecule has 0 saturated carbocycles. The highest BCUT2D eigenvalue weighted by atomic mass is 79.9. The van der Waals surface area contributed by atoms with Gasteiger partial charge in [-0.1, -0.05) is 13.0 Å². The maximum Gasteiger partial charge on any atom is 0.203 e. The number of rotatable bonds is 2. The van der Waals surface area contributed by atoms with Crippen LogP contribution in [-0.4, -0.2) is 18.1 Å². The summed E-state index contributed by atoms with van der Waals surface area (Å²) < 4.78 is 7.01. The second kappa shape index (κ2) is 4.67. The van der Waals surface area contributed by atoms with Gasteiger partial charge >= 0.3 is 0 Å². The molecule has 0 bridgehead atoms. The third-order valence-electron chi connectivity index (χ3n) is 3.97. The SMILES string of the molecule is CCC1(c2nc3cccc(Br)c3o2)CCCNC1. The van der Waals surface area contributed by atoms with Gasteiger partial charge in [0.2, 0.25) is 5.89 Å². The number of halogens is 1. The third kappa shape index (κ3) is 1.88. The molecule has 1 saturated heterocycles. The zero-order chi connectivity index (χ0) is 12.6. The molecule has 0 spiro atoms. The zero-order valence-electron chi connectivity index (χ0n) is 10.5. The van der Waals surface area contributed by atoms with E-state index in [0.717, 1.165) is 47.4 Å². The van der Waals surface area contributed by atoms with Crippen molar-refractivity contribution in [3.63, 3.8) is 0 Å². The second-order valence-electron chi connectivity index (χ2n) is 5.02. The molecule has 96 valence electrons. The lowest BCUT2D eigenvalue weighted by molar-refractivity contribution is 0.248. The fraction of sp³-hybridized carbons (Fsp3) is 0.500. The average molecular weight is 309 g/mol. The molecule has 0 radical (unpaired) electrons. The number of para-hydroxylation sites is 1. The summed E-state index contributed by atoms with van der Waals surface area (Å²) >= 11 is 3.52. The van der Waals surface area contributed by atoms with Gasteiger partial charge in [-0.3, -0.25) is 0 Å². The smallest absolute Gasteiger partial charge is 0.203 e. The molecule has 1 atom stereocenters. The fourth-order valence-electron chi connectivity index (χ4n) is 2.75. The molecule has 0 amide bonds. The Morgan fingerprint density at radius 2 is 2.39 bits per heavy atom. The van der Waals surface area contributed by atoms with Crippen LogP contribution in [0.1, 0.15) is 32.1 Å². The van der Waals surface area contributed by atoms with Crippen LogP contribution in [-0.2, 0) is 5.41 Å². The highest BCUT2D eigenvalue weighted by molar-refractivity contribution is 9.10. The van der Waals surface area contributed by atoms with Gasteiger partial charge in [-0.05, 0) is 53.9 Å². The Morgan fingerprint density at radius 1 is 1.50 bits per heavy atom. The standard InChI is InChI=1S/C14H17BrN2O/c1-2-14(7-4-8-16-9-14)13-17-11-6-3-5-10(15)12(11)18-13/h3,5-6,16H,2,4,7-9H2,1H3. The van der Waals surface area contributed by atoms with E-state index >= 15 is 0 Å². The predicted molar refractivity (Wildman–Crippen MR) is 75.8 cm³/mol. The van der Waals surface area contributed by atoms with Crippen LogP contribution >= 0.6 is 15.9 Å². The summed E-state index contributed by atoms with van der Waals surface area (Å²) in [7, 11) is 0. The molecule has 1 aliphatic heterocycles. The molecule has 1 fully saturated rings. The van der Waals surface area contributed by atoms with E-state index in [1.807, 2.05) is 18.2 Å². The van der Waals surface area contributed by atoms with Crippen LogP contribution in [0.4, 0.5) is 0 Å². The maximum atomic E-state index is 6.03. The van der Waals surface area contributed by atoms with Crippen LogP contribution in [0.5, 0.6) is 0 Å². The summed E-state index contributed by atoms with van der Waals surface area (Å²) in [6.45, 7) is 4.29. The van der Waals surface area contributed by atoms with Crippen molar-refractivity contribution < 1.29 is 4.42 Å². The van der Waals surface area contributed by atoms with Crippen LogP contribution in [0.15, 0.2) is 27.1 Å². The normalized spacial score (nSPS) is 24.6. The minimum absolute atomic E-state index is 0.0662. The van der Waals surface area contributed by atoms with Crippen LogP contribution in [0.2, 0.25) is 0 Å². The van der Waals surface area contributed by atoms with Gasteiger partial charge in [0.15, 0.2) is 5.58 Å². The zero-order valence-corrected chi connectivity index (χ0v) is 12.1. The van der Waals surface area contributed by atoms with Gasteiger partial charge in [0.05, 0.1) is 9.89 Å². The van der Waals surface area contributed by atoms with Gasteiger partial charge in [0, 0.05) is 6.54 Å². The summed E-state index contributed by atoms with van der Waals surface area (Å²) in [5, 5.41) is 3.47. The molecule has 3 rings (SSSR count). The Bertz CT molecular complexity index is 558. The molecule has 1 unspecified atom stereocenters. The van der Waals surface area contributed by atoms with Gasteiger partial charge in [-0.25, -0.2) is 4.98 Å². The number of oxazole rings is 1. The Kier molecular flexibility index (Phi) is 3.16. The van der Waals surface area contributed by atoms with Crippen LogP contribution in [0.3, 0.4) is 0 Å². The summed E-state index contributed by atoms with van der Waals surface area (Å²) in [6, 6.07) is 6.00. The molecule has 3 nitrogen and oxygen atoms in total. The van der Waals surface area contributed by atoms with Crippen molar-refractivity contribution in [1.29, 1.82) is 0 Å². The maximum absolute atomic E-state index is 6.03. The first-order chi connectivity index (χ1) is 8.75. The van der Waals surface area contributed by atoms with Crippen LogP contribution < -0.4 is 5.32 Å². The summed E-state index contributed by atoms with van der Waals surface area (Å²) in [5.41, 5.74) is 1.88. The average Bonchev–Trinajstić information content (AvgIpc) is 2.85. The minimum atomic E-state index is 0.0662. The topological polar surface area (TPSA) is 38.1 Å². The molecule has 18 heavy (non-hydrogen) atoms. The van der Waals surface area contributed by atoms with E-state index < -0.39 is 0 Å². The number of aromatic nitrogens is 1. The first-order valence-corrected chi connectivity index (χ1v) is 7.31. The van der Waals surface area contributed by atoms with E-state index in [-0.39, 0.29) is 5.41 Å². The molecule has 0 aliphatic carbocycles. The predicted octanol–water partition coefficient (Wildman–Crippen LogP) is 3.62. The summed E-state index contributed by atoms with van der Waals surface area (Å²) in [6.07, 6.45) is 3.40. The first-order valence-electron chi connectivity index (χ1n) is 6.51. The quantitative estimate of drug-likeness (QED) is 0.921. The molecular weight excluding hydrogens is 292 g/mol. The lowest BCUT2D eigenvalue weighted by Gasteiger charge is -2.33. The number of fused-ring (bicyclic) bond motifs is 1. The van der Waals surface area contributed by atoms with Gasteiger partial charge in [-0.2, -0.15) is 0 Å². The minimum Gasteiger partial charge on any atom is -0.439 e. The van der Waals surface area contributed by atoms with Crippen molar-refractivity contribution in [3.05, 3.63) is 28.6 Å². The van der Waals surface area contributed by atoms with E-state index in [2.05, 4.69) is 28.2 Å². The Labute approximate surface area is 115 Å².